The van der Waals surface area contributed by atoms with Gasteiger partial charge in [-0.05, 0) is 87.6 Å². The summed E-state index contributed by atoms with van der Waals surface area (Å²) in [5.41, 5.74) is 11.2. The zero-order chi connectivity index (χ0) is 33.7. The zero-order valence-electron chi connectivity index (χ0n) is 27.5. The number of para-hydroxylation sites is 1. The van der Waals surface area contributed by atoms with Crippen LogP contribution < -0.4 is 4.90 Å². The molecule has 0 unspecified atom stereocenters. The summed E-state index contributed by atoms with van der Waals surface area (Å²) in [6.45, 7) is 0. The van der Waals surface area contributed by atoms with Crippen LogP contribution in [0.1, 0.15) is 0 Å². The quantitative estimate of drug-likeness (QED) is 0.179. The first kappa shape index (κ1) is 29.0. The van der Waals surface area contributed by atoms with Crippen LogP contribution in [0.3, 0.4) is 0 Å². The summed E-state index contributed by atoms with van der Waals surface area (Å²) in [6.07, 6.45) is 0. The molecular weight excluding hydrogens is 625 g/mol. The van der Waals surface area contributed by atoms with E-state index in [-0.39, 0.29) is 0 Å². The van der Waals surface area contributed by atoms with Gasteiger partial charge in [0, 0.05) is 27.7 Å². The second-order valence-electron chi connectivity index (χ2n) is 12.8. The monoisotopic (exact) mass is 654 g/mol. The minimum Gasteiger partial charge on any atom is -0.454 e. The van der Waals surface area contributed by atoms with Gasteiger partial charge in [-0.2, -0.15) is 0 Å². The topological polar surface area (TPSA) is 42.4 Å². The van der Waals surface area contributed by atoms with E-state index in [1.54, 1.807) is 0 Å². The predicted molar refractivity (Wildman–Crippen MR) is 210 cm³/mol. The van der Waals surface area contributed by atoms with Crippen molar-refractivity contribution in [2.24, 2.45) is 0 Å². The molecule has 240 valence electrons. The maximum atomic E-state index is 6.76. The first-order valence-electron chi connectivity index (χ1n) is 17.1. The highest BCUT2D eigenvalue weighted by Gasteiger charge is 2.27. The van der Waals surface area contributed by atoms with Crippen molar-refractivity contribution in [2.75, 3.05) is 4.90 Å². The van der Waals surface area contributed by atoms with E-state index in [1.807, 2.05) is 54.6 Å². The number of nitrogens with zero attached hydrogens (tertiary/aromatic N) is 2. The van der Waals surface area contributed by atoms with E-state index in [9.17, 15) is 0 Å². The van der Waals surface area contributed by atoms with Gasteiger partial charge in [0.1, 0.15) is 16.8 Å². The average Bonchev–Trinajstić information content (AvgIpc) is 3.80. The third-order valence-corrected chi connectivity index (χ3v) is 9.66. The Morgan fingerprint density at radius 2 is 1.04 bits per heavy atom. The summed E-state index contributed by atoms with van der Waals surface area (Å²) in [6, 6.07) is 63.3. The van der Waals surface area contributed by atoms with Gasteiger partial charge in [-0.25, -0.2) is 4.98 Å². The molecule has 51 heavy (non-hydrogen) atoms. The van der Waals surface area contributed by atoms with Crippen LogP contribution in [0.2, 0.25) is 0 Å². The molecule has 0 bridgehead atoms. The Balaban J connectivity index is 1.24. The van der Waals surface area contributed by atoms with Crippen molar-refractivity contribution in [3.05, 3.63) is 182 Å². The molecular formula is C47H30N2O2. The maximum absolute atomic E-state index is 6.76. The molecule has 2 heterocycles. The number of hydrogen-bond acceptors (Lipinski definition) is 4. The van der Waals surface area contributed by atoms with Gasteiger partial charge in [-0.1, -0.05) is 127 Å². The number of anilines is 3. The second-order valence-corrected chi connectivity index (χ2v) is 12.8. The molecule has 0 aliphatic rings. The predicted octanol–water partition coefficient (Wildman–Crippen LogP) is 13.4. The van der Waals surface area contributed by atoms with Crippen molar-refractivity contribution in [3.63, 3.8) is 0 Å². The maximum Gasteiger partial charge on any atom is 0.227 e. The molecule has 0 saturated carbocycles. The van der Waals surface area contributed by atoms with Crippen LogP contribution >= 0.6 is 0 Å². The number of benzene rings is 8. The van der Waals surface area contributed by atoms with E-state index in [0.717, 1.165) is 66.8 Å². The lowest BCUT2D eigenvalue weighted by Crippen LogP contribution is -2.11. The lowest BCUT2D eigenvalue weighted by atomic mass is 10.00. The first-order valence-corrected chi connectivity index (χ1v) is 17.1. The van der Waals surface area contributed by atoms with E-state index in [1.165, 1.54) is 16.3 Å². The molecule has 10 aromatic rings. The van der Waals surface area contributed by atoms with Gasteiger partial charge in [0.05, 0.1) is 0 Å². The van der Waals surface area contributed by atoms with Crippen LogP contribution in [0.4, 0.5) is 17.1 Å². The molecule has 4 heteroatoms. The van der Waals surface area contributed by atoms with E-state index < -0.39 is 0 Å². The number of aromatic nitrogens is 1. The normalized spacial score (nSPS) is 11.5. The Hall–Kier alpha value is -6.91. The highest BCUT2D eigenvalue weighted by molar-refractivity contribution is 6.17. The summed E-state index contributed by atoms with van der Waals surface area (Å²) >= 11 is 0. The van der Waals surface area contributed by atoms with E-state index in [0.29, 0.717) is 11.5 Å². The highest BCUT2D eigenvalue weighted by atomic mass is 16.4. The molecule has 4 nitrogen and oxygen atoms in total. The van der Waals surface area contributed by atoms with Crippen molar-refractivity contribution in [2.45, 2.75) is 0 Å². The Morgan fingerprint density at radius 1 is 0.392 bits per heavy atom. The average molecular weight is 655 g/mol. The molecule has 0 N–H and O–H groups in total. The van der Waals surface area contributed by atoms with E-state index >= 15 is 0 Å². The fourth-order valence-corrected chi connectivity index (χ4v) is 7.17. The summed E-state index contributed by atoms with van der Waals surface area (Å²) in [5, 5.41) is 4.44. The van der Waals surface area contributed by atoms with Crippen LogP contribution in [-0.4, -0.2) is 4.98 Å². The SMILES string of the molecule is c1ccc(-c2ccc(N(c3cccc(-c4ccc5ccccc5c4)c3)c3c4oc(-c5ccccc5)nc4cc4c3oc3ccccc34)cc2)cc1. The van der Waals surface area contributed by atoms with E-state index in [4.69, 9.17) is 13.8 Å². The van der Waals surface area contributed by atoms with Gasteiger partial charge in [-0.15, -0.1) is 0 Å². The second kappa shape index (κ2) is 11.9. The molecule has 0 amide bonds. The number of hydrogen-bond donors (Lipinski definition) is 0. The van der Waals surface area contributed by atoms with Crippen molar-refractivity contribution in [3.8, 4) is 33.7 Å². The Bertz CT molecular complexity index is 2850. The van der Waals surface area contributed by atoms with Crippen molar-refractivity contribution >= 4 is 60.9 Å². The third kappa shape index (κ3) is 5.04. The fourth-order valence-electron chi connectivity index (χ4n) is 7.17. The molecule has 8 aromatic carbocycles. The van der Waals surface area contributed by atoms with Gasteiger partial charge in [0.2, 0.25) is 5.89 Å². The summed E-state index contributed by atoms with van der Waals surface area (Å²) in [5.74, 6) is 0.563. The molecule has 2 aromatic heterocycles. The van der Waals surface area contributed by atoms with Gasteiger partial charge >= 0.3 is 0 Å². The molecule has 0 aliphatic carbocycles. The molecule has 10 rings (SSSR count). The number of rotatable bonds is 6. The van der Waals surface area contributed by atoms with Gasteiger partial charge in [-0.3, -0.25) is 0 Å². The smallest absolute Gasteiger partial charge is 0.227 e. The van der Waals surface area contributed by atoms with Crippen LogP contribution in [0.5, 0.6) is 0 Å². The van der Waals surface area contributed by atoms with Crippen molar-refractivity contribution in [1.82, 2.24) is 4.98 Å². The lowest BCUT2D eigenvalue weighted by molar-refractivity contribution is 0.618. The van der Waals surface area contributed by atoms with Crippen LogP contribution in [0.15, 0.2) is 191 Å². The highest BCUT2D eigenvalue weighted by Crippen LogP contribution is 2.48. The number of oxazole rings is 1. The van der Waals surface area contributed by atoms with E-state index in [2.05, 4.69) is 132 Å². The lowest BCUT2D eigenvalue weighted by Gasteiger charge is -2.26. The molecule has 0 aliphatic heterocycles. The van der Waals surface area contributed by atoms with Crippen molar-refractivity contribution in [1.29, 1.82) is 0 Å². The minimum atomic E-state index is 0.563. The molecule has 0 spiro atoms. The summed E-state index contributed by atoms with van der Waals surface area (Å²) in [4.78, 5) is 7.32. The molecule has 0 radical (unpaired) electrons. The fraction of sp³-hybridized carbons (Fsp3) is 0. The van der Waals surface area contributed by atoms with Gasteiger partial charge < -0.3 is 13.7 Å². The Morgan fingerprint density at radius 3 is 1.86 bits per heavy atom. The van der Waals surface area contributed by atoms with Crippen LogP contribution in [-0.2, 0) is 0 Å². The Labute approximate surface area is 294 Å². The summed E-state index contributed by atoms with van der Waals surface area (Å²) in [7, 11) is 0. The minimum absolute atomic E-state index is 0.563. The number of fused-ring (bicyclic) bond motifs is 5. The zero-order valence-corrected chi connectivity index (χ0v) is 27.5. The molecule has 0 saturated heterocycles. The Kier molecular flexibility index (Phi) is 6.78. The third-order valence-electron chi connectivity index (χ3n) is 9.66. The molecule has 0 atom stereocenters. The van der Waals surface area contributed by atoms with Gasteiger partial charge in [0.25, 0.3) is 0 Å². The molecule has 0 fully saturated rings. The van der Waals surface area contributed by atoms with Crippen molar-refractivity contribution < 1.29 is 8.83 Å². The first-order chi connectivity index (χ1) is 25.3. The summed E-state index contributed by atoms with van der Waals surface area (Å²) < 4.78 is 13.5. The van der Waals surface area contributed by atoms with Gasteiger partial charge in [0.15, 0.2) is 11.2 Å². The van der Waals surface area contributed by atoms with Crippen LogP contribution in [0.25, 0.3) is 77.5 Å². The number of furan rings is 1. The largest absolute Gasteiger partial charge is 0.454 e. The standard InChI is InChI=1S/C47H30N2O2/c1-3-12-31(13-4-1)33-24-26-38(27-25-33)49(39-19-11-18-36(29-39)37-23-22-32-14-7-8-17-35(32)28-37)44-45-41(40-20-9-10-21-43(40)50-45)30-42-46(44)51-47(48-42)34-15-5-2-6-16-34/h1-30H. The van der Waals surface area contributed by atoms with Crippen LogP contribution in [0, 0.1) is 0 Å².